The van der Waals surface area contributed by atoms with E-state index >= 15 is 0 Å². The van der Waals surface area contributed by atoms with Crippen LogP contribution in [-0.4, -0.2) is 34.9 Å². The van der Waals surface area contributed by atoms with E-state index in [1.165, 1.54) is 4.90 Å². The molecule has 7 heteroatoms. The summed E-state index contributed by atoms with van der Waals surface area (Å²) in [5, 5.41) is 9.54. The number of nitrogens with two attached hydrogens (primary N) is 1. The second-order valence-corrected chi connectivity index (χ2v) is 5.49. The summed E-state index contributed by atoms with van der Waals surface area (Å²) >= 11 is 1.01. The van der Waals surface area contributed by atoms with Crippen molar-refractivity contribution < 1.29 is 14.7 Å². The van der Waals surface area contributed by atoms with Gasteiger partial charge in [0.15, 0.2) is 0 Å². The van der Waals surface area contributed by atoms with E-state index in [1.54, 1.807) is 20.9 Å². The van der Waals surface area contributed by atoms with Gasteiger partial charge < -0.3 is 15.7 Å². The van der Waals surface area contributed by atoms with Crippen LogP contribution in [-0.2, 0) is 4.79 Å². The van der Waals surface area contributed by atoms with Gasteiger partial charge in [-0.25, -0.2) is 4.79 Å². The van der Waals surface area contributed by atoms with Crippen LogP contribution in [0.2, 0.25) is 0 Å². The summed E-state index contributed by atoms with van der Waals surface area (Å²) in [7, 11) is 1.56. The molecule has 1 heterocycles. The molecule has 1 rings (SSSR count). The largest absolute Gasteiger partial charge is 0.478 e. The molecule has 0 aromatic carbocycles. The number of aromatic carboxylic acids is 1. The van der Waals surface area contributed by atoms with Gasteiger partial charge in [0.2, 0.25) is 5.91 Å². The quantitative estimate of drug-likeness (QED) is 0.854. The first-order valence-electron chi connectivity index (χ1n) is 5.96. The average Bonchev–Trinajstić information content (AvgIpc) is 2.78. The maximum atomic E-state index is 12.4. The van der Waals surface area contributed by atoms with E-state index in [9.17, 15) is 14.7 Å². The average molecular weight is 285 g/mol. The van der Waals surface area contributed by atoms with Gasteiger partial charge in [-0.2, -0.15) is 4.37 Å². The first-order chi connectivity index (χ1) is 8.78. The molecule has 0 spiro atoms. The topological polar surface area (TPSA) is 96.5 Å². The standard InChI is InChI=1S/C12H19N3O3S/c1-5-12(3,6-13)11(18)15(4)9-8(10(16)17)7(2)14-19-9/h5-6,13H2,1-4H3,(H,16,17). The second kappa shape index (κ2) is 5.66. The molecule has 0 fully saturated rings. The van der Waals surface area contributed by atoms with Gasteiger partial charge in [0.25, 0.3) is 0 Å². The van der Waals surface area contributed by atoms with E-state index in [4.69, 9.17) is 5.73 Å². The summed E-state index contributed by atoms with van der Waals surface area (Å²) in [6, 6.07) is 0. The number of rotatable bonds is 5. The third-order valence-corrected chi connectivity index (χ3v) is 4.43. The lowest BCUT2D eigenvalue weighted by molar-refractivity contribution is -0.126. The van der Waals surface area contributed by atoms with Gasteiger partial charge in [-0.3, -0.25) is 4.79 Å². The number of aromatic nitrogens is 1. The molecular formula is C12H19N3O3S. The second-order valence-electron chi connectivity index (χ2n) is 4.74. The Balaban J connectivity index is 3.18. The Kier molecular flexibility index (Phi) is 4.65. The molecule has 1 aromatic rings. The van der Waals surface area contributed by atoms with Crippen LogP contribution >= 0.6 is 11.5 Å². The summed E-state index contributed by atoms with van der Waals surface area (Å²) in [5.41, 5.74) is 5.46. The maximum absolute atomic E-state index is 12.4. The van der Waals surface area contributed by atoms with Crippen molar-refractivity contribution in [1.29, 1.82) is 0 Å². The van der Waals surface area contributed by atoms with Crippen LogP contribution in [0.15, 0.2) is 0 Å². The number of amides is 1. The lowest BCUT2D eigenvalue weighted by Crippen LogP contribution is -2.44. The maximum Gasteiger partial charge on any atom is 0.340 e. The summed E-state index contributed by atoms with van der Waals surface area (Å²) in [6.07, 6.45) is 0.590. The molecule has 0 radical (unpaired) electrons. The van der Waals surface area contributed by atoms with Gasteiger partial charge in [0, 0.05) is 13.6 Å². The van der Waals surface area contributed by atoms with Crippen LogP contribution in [0.1, 0.15) is 36.3 Å². The minimum Gasteiger partial charge on any atom is -0.478 e. The molecule has 0 bridgehead atoms. The molecule has 0 aliphatic rings. The minimum absolute atomic E-state index is 0.0799. The fourth-order valence-corrected chi connectivity index (χ4v) is 2.56. The molecule has 6 nitrogen and oxygen atoms in total. The highest BCUT2D eigenvalue weighted by molar-refractivity contribution is 7.11. The summed E-state index contributed by atoms with van der Waals surface area (Å²) in [6.45, 7) is 5.49. The molecule has 1 unspecified atom stereocenters. The molecule has 0 aliphatic carbocycles. The zero-order chi connectivity index (χ0) is 14.8. The van der Waals surface area contributed by atoms with Crippen molar-refractivity contribution in [2.24, 2.45) is 11.1 Å². The fourth-order valence-electron chi connectivity index (χ4n) is 1.71. The van der Waals surface area contributed by atoms with Crippen molar-refractivity contribution in [3.63, 3.8) is 0 Å². The van der Waals surface area contributed by atoms with E-state index in [2.05, 4.69) is 4.37 Å². The predicted octanol–water partition coefficient (Wildman–Crippen LogP) is 1.49. The molecule has 106 valence electrons. The van der Waals surface area contributed by atoms with Crippen molar-refractivity contribution in [2.75, 3.05) is 18.5 Å². The van der Waals surface area contributed by atoms with Crippen molar-refractivity contribution >= 4 is 28.4 Å². The fraction of sp³-hybridized carbons (Fsp3) is 0.583. The zero-order valence-electron chi connectivity index (χ0n) is 11.6. The van der Waals surface area contributed by atoms with Crippen LogP contribution in [0, 0.1) is 12.3 Å². The summed E-state index contributed by atoms with van der Waals surface area (Å²) in [4.78, 5) is 25.0. The molecule has 0 saturated carbocycles. The third kappa shape index (κ3) is 2.76. The van der Waals surface area contributed by atoms with E-state index < -0.39 is 11.4 Å². The Morgan fingerprint density at radius 1 is 1.53 bits per heavy atom. The van der Waals surface area contributed by atoms with Crippen LogP contribution in [0.5, 0.6) is 0 Å². The molecule has 1 atom stereocenters. The zero-order valence-corrected chi connectivity index (χ0v) is 12.4. The third-order valence-electron chi connectivity index (χ3n) is 3.42. The first-order valence-corrected chi connectivity index (χ1v) is 6.73. The van der Waals surface area contributed by atoms with Gasteiger partial charge in [-0.15, -0.1) is 0 Å². The molecule has 3 N–H and O–H groups in total. The van der Waals surface area contributed by atoms with Crippen molar-refractivity contribution in [3.8, 4) is 0 Å². The van der Waals surface area contributed by atoms with Gasteiger partial charge in [0.1, 0.15) is 10.6 Å². The highest BCUT2D eigenvalue weighted by atomic mass is 32.1. The monoisotopic (exact) mass is 285 g/mol. The van der Waals surface area contributed by atoms with Gasteiger partial charge in [-0.1, -0.05) is 6.92 Å². The number of carboxylic acids is 1. The number of hydrogen-bond acceptors (Lipinski definition) is 5. The Hall–Kier alpha value is -1.47. The number of carbonyl (C=O) groups is 2. The lowest BCUT2D eigenvalue weighted by Gasteiger charge is -2.30. The van der Waals surface area contributed by atoms with Gasteiger partial charge in [0.05, 0.1) is 11.1 Å². The number of nitrogens with zero attached hydrogens (tertiary/aromatic N) is 2. The van der Waals surface area contributed by atoms with Crippen molar-refractivity contribution in [1.82, 2.24) is 4.37 Å². The number of anilines is 1. The van der Waals surface area contributed by atoms with Gasteiger partial charge in [-0.05, 0) is 31.8 Å². The van der Waals surface area contributed by atoms with Gasteiger partial charge >= 0.3 is 5.97 Å². The normalized spacial score (nSPS) is 13.9. The summed E-state index contributed by atoms with van der Waals surface area (Å²) in [5.74, 6) is -1.27. The van der Waals surface area contributed by atoms with Crippen LogP contribution in [0.4, 0.5) is 5.00 Å². The first kappa shape index (κ1) is 15.6. The molecule has 0 saturated heterocycles. The Morgan fingerprint density at radius 2 is 2.11 bits per heavy atom. The van der Waals surface area contributed by atoms with E-state index in [-0.39, 0.29) is 18.0 Å². The highest BCUT2D eigenvalue weighted by Gasteiger charge is 2.35. The number of hydrogen-bond donors (Lipinski definition) is 2. The highest BCUT2D eigenvalue weighted by Crippen LogP contribution is 2.32. The molecule has 19 heavy (non-hydrogen) atoms. The SMILES string of the molecule is CCC(C)(CN)C(=O)N(C)c1snc(C)c1C(=O)O. The smallest absolute Gasteiger partial charge is 0.340 e. The van der Waals surface area contributed by atoms with Crippen LogP contribution < -0.4 is 10.6 Å². The molecule has 1 aromatic heterocycles. The number of carbonyl (C=O) groups excluding carboxylic acids is 1. The lowest BCUT2D eigenvalue weighted by atomic mass is 9.86. The van der Waals surface area contributed by atoms with Crippen molar-refractivity contribution in [2.45, 2.75) is 27.2 Å². The number of carboxylic acid groups (broad SMARTS) is 1. The molecule has 1 amide bonds. The van der Waals surface area contributed by atoms with Crippen LogP contribution in [0.3, 0.4) is 0 Å². The predicted molar refractivity (Wildman–Crippen MR) is 74.7 cm³/mol. The summed E-state index contributed by atoms with van der Waals surface area (Å²) < 4.78 is 4.01. The number of aryl methyl sites for hydroxylation is 1. The Bertz CT molecular complexity index is 494. The van der Waals surface area contributed by atoms with E-state index in [0.717, 1.165) is 11.5 Å². The van der Waals surface area contributed by atoms with Crippen molar-refractivity contribution in [3.05, 3.63) is 11.3 Å². The molecule has 0 aliphatic heterocycles. The minimum atomic E-state index is -1.08. The van der Waals surface area contributed by atoms with E-state index in [1.807, 2.05) is 6.92 Å². The van der Waals surface area contributed by atoms with E-state index in [0.29, 0.717) is 17.1 Å². The Morgan fingerprint density at radius 3 is 2.53 bits per heavy atom. The molecular weight excluding hydrogens is 266 g/mol. The van der Waals surface area contributed by atoms with Crippen LogP contribution in [0.25, 0.3) is 0 Å². The Labute approximate surface area is 116 Å².